The molecule has 0 aliphatic rings. The lowest BCUT2D eigenvalue weighted by Gasteiger charge is -2.02. The number of hydrogen-bond donors (Lipinski definition) is 0. The average Bonchev–Trinajstić information content (AvgIpc) is 2.14. The van der Waals surface area contributed by atoms with Crippen LogP contribution in [-0.2, 0) is 6.67 Å². The molecule has 1 aromatic rings. The molecular formula is C10H13ClF2. The normalized spacial score (nSPS) is 9.08. The molecule has 0 saturated carbocycles. The van der Waals surface area contributed by atoms with Crippen molar-refractivity contribution in [1.29, 1.82) is 0 Å². The fourth-order valence-corrected chi connectivity index (χ4v) is 1.07. The van der Waals surface area contributed by atoms with Crippen molar-refractivity contribution in [3.63, 3.8) is 0 Å². The molecule has 0 fully saturated rings. The molecule has 0 aliphatic carbocycles. The van der Waals surface area contributed by atoms with Gasteiger partial charge in [0.25, 0.3) is 0 Å². The van der Waals surface area contributed by atoms with E-state index in [0.717, 1.165) is 0 Å². The van der Waals surface area contributed by atoms with Gasteiger partial charge >= 0.3 is 0 Å². The Morgan fingerprint density at radius 3 is 2.31 bits per heavy atom. The summed E-state index contributed by atoms with van der Waals surface area (Å²) in [6.45, 7) is 4.85. The molecule has 74 valence electrons. The predicted octanol–water partition coefficient (Wildman–Crippen LogP) is 4.28. The van der Waals surface area contributed by atoms with E-state index in [-0.39, 0.29) is 5.02 Å². The summed E-state index contributed by atoms with van der Waals surface area (Å²) < 4.78 is 24.9. The molecule has 3 heteroatoms. The van der Waals surface area contributed by atoms with Crippen LogP contribution < -0.4 is 0 Å². The van der Waals surface area contributed by atoms with Crippen molar-refractivity contribution in [2.75, 3.05) is 0 Å². The quantitative estimate of drug-likeness (QED) is 0.643. The molecule has 0 radical (unpaired) electrons. The van der Waals surface area contributed by atoms with Crippen LogP contribution in [0.1, 0.15) is 25.0 Å². The van der Waals surface area contributed by atoms with E-state index in [1.54, 1.807) is 0 Å². The van der Waals surface area contributed by atoms with Crippen LogP contribution in [0.3, 0.4) is 0 Å². The summed E-state index contributed by atoms with van der Waals surface area (Å²) >= 11 is 5.49. The van der Waals surface area contributed by atoms with Crippen molar-refractivity contribution >= 4 is 11.6 Å². The second kappa shape index (κ2) is 5.92. The first kappa shape index (κ1) is 12.4. The van der Waals surface area contributed by atoms with Crippen molar-refractivity contribution < 1.29 is 8.78 Å². The molecular weight excluding hydrogens is 194 g/mol. The Kier molecular flexibility index (Phi) is 5.63. The zero-order valence-corrected chi connectivity index (χ0v) is 8.75. The van der Waals surface area contributed by atoms with Crippen LogP contribution in [0.4, 0.5) is 8.78 Å². The molecule has 0 aromatic heterocycles. The highest BCUT2D eigenvalue weighted by atomic mass is 35.5. The smallest absolute Gasteiger partial charge is 0.127 e. The van der Waals surface area contributed by atoms with Crippen LogP contribution in [-0.4, -0.2) is 0 Å². The van der Waals surface area contributed by atoms with Crippen molar-refractivity contribution in [2.45, 2.75) is 27.4 Å². The zero-order valence-electron chi connectivity index (χ0n) is 8.00. The molecule has 0 N–H and O–H groups in total. The van der Waals surface area contributed by atoms with Gasteiger partial charge in [-0.15, -0.1) is 0 Å². The van der Waals surface area contributed by atoms with E-state index in [1.165, 1.54) is 19.1 Å². The van der Waals surface area contributed by atoms with Crippen LogP contribution in [0, 0.1) is 12.7 Å². The van der Waals surface area contributed by atoms with E-state index in [2.05, 4.69) is 0 Å². The first-order valence-corrected chi connectivity index (χ1v) is 4.53. The minimum atomic E-state index is -0.677. The Bertz CT molecular complexity index is 272. The van der Waals surface area contributed by atoms with Crippen LogP contribution in [0.25, 0.3) is 0 Å². The summed E-state index contributed by atoms with van der Waals surface area (Å²) in [5.74, 6) is -0.454. The fourth-order valence-electron chi connectivity index (χ4n) is 0.838. The monoisotopic (exact) mass is 206 g/mol. The van der Waals surface area contributed by atoms with Gasteiger partial charge in [-0.2, -0.15) is 0 Å². The minimum absolute atomic E-state index is 0.237. The number of hydrogen-bond acceptors (Lipinski definition) is 0. The molecule has 0 heterocycles. The third kappa shape index (κ3) is 3.31. The van der Waals surface area contributed by atoms with Gasteiger partial charge in [0.15, 0.2) is 0 Å². The number of halogens is 3. The standard InChI is InChI=1S/C8H7ClF2.C2H6/c1-5-6(4-10)2-7(9)3-8(5)11;1-2/h2-3H,4H2,1H3;1-2H3. The maximum atomic E-state index is 12.8. The molecule has 0 amide bonds. The Labute approximate surface area is 82.5 Å². The highest BCUT2D eigenvalue weighted by Crippen LogP contribution is 2.19. The summed E-state index contributed by atoms with van der Waals surface area (Å²) in [4.78, 5) is 0. The lowest BCUT2D eigenvalue weighted by molar-refractivity contribution is 0.479. The maximum absolute atomic E-state index is 12.8. The average molecular weight is 207 g/mol. The first-order valence-electron chi connectivity index (χ1n) is 4.15. The Hall–Kier alpha value is -0.630. The Morgan fingerprint density at radius 1 is 1.31 bits per heavy atom. The number of benzene rings is 1. The fraction of sp³-hybridized carbons (Fsp3) is 0.400. The van der Waals surface area contributed by atoms with Crippen LogP contribution in [0.5, 0.6) is 0 Å². The van der Waals surface area contributed by atoms with Crippen LogP contribution >= 0.6 is 11.6 Å². The maximum Gasteiger partial charge on any atom is 0.127 e. The van der Waals surface area contributed by atoms with E-state index in [0.29, 0.717) is 11.1 Å². The van der Waals surface area contributed by atoms with Gasteiger partial charge in [0.1, 0.15) is 12.5 Å². The van der Waals surface area contributed by atoms with E-state index in [9.17, 15) is 8.78 Å². The highest BCUT2D eigenvalue weighted by molar-refractivity contribution is 6.30. The third-order valence-corrected chi connectivity index (χ3v) is 1.78. The summed E-state index contributed by atoms with van der Waals surface area (Å²) in [6.07, 6.45) is 0. The minimum Gasteiger partial charge on any atom is -0.246 e. The summed E-state index contributed by atoms with van der Waals surface area (Å²) in [7, 11) is 0. The van der Waals surface area contributed by atoms with E-state index in [4.69, 9.17) is 11.6 Å². The second-order valence-corrected chi connectivity index (χ2v) is 2.74. The molecule has 0 saturated heterocycles. The first-order chi connectivity index (χ1) is 6.15. The van der Waals surface area contributed by atoms with Gasteiger partial charge in [-0.3, -0.25) is 0 Å². The predicted molar refractivity (Wildman–Crippen MR) is 52.3 cm³/mol. The van der Waals surface area contributed by atoms with Gasteiger partial charge in [-0.25, -0.2) is 8.78 Å². The van der Waals surface area contributed by atoms with Crippen molar-refractivity contribution in [3.05, 3.63) is 34.1 Å². The van der Waals surface area contributed by atoms with Gasteiger partial charge in [0.2, 0.25) is 0 Å². The molecule has 0 nitrogen and oxygen atoms in total. The van der Waals surface area contributed by atoms with Gasteiger partial charge in [0.05, 0.1) is 0 Å². The Balaban J connectivity index is 0.000000671. The van der Waals surface area contributed by atoms with Crippen molar-refractivity contribution in [2.24, 2.45) is 0 Å². The SMILES string of the molecule is CC.Cc1c(F)cc(Cl)cc1CF. The van der Waals surface area contributed by atoms with Crippen molar-refractivity contribution in [3.8, 4) is 0 Å². The molecule has 1 aromatic carbocycles. The van der Waals surface area contributed by atoms with E-state index >= 15 is 0 Å². The van der Waals surface area contributed by atoms with Gasteiger partial charge in [-0.1, -0.05) is 25.4 Å². The molecule has 1 rings (SSSR count). The number of alkyl halides is 1. The summed E-state index contributed by atoms with van der Waals surface area (Å²) in [5, 5.41) is 0.237. The molecule has 0 atom stereocenters. The number of rotatable bonds is 1. The summed E-state index contributed by atoms with van der Waals surface area (Å²) in [6, 6.07) is 2.61. The van der Waals surface area contributed by atoms with Gasteiger partial charge < -0.3 is 0 Å². The topological polar surface area (TPSA) is 0 Å². The Morgan fingerprint density at radius 2 is 1.85 bits per heavy atom. The lowest BCUT2D eigenvalue weighted by Crippen LogP contribution is -1.89. The van der Waals surface area contributed by atoms with E-state index in [1.807, 2.05) is 13.8 Å². The molecule has 0 spiro atoms. The largest absolute Gasteiger partial charge is 0.246 e. The van der Waals surface area contributed by atoms with E-state index < -0.39 is 12.5 Å². The van der Waals surface area contributed by atoms with Gasteiger partial charge in [0, 0.05) is 5.02 Å². The lowest BCUT2D eigenvalue weighted by atomic mass is 10.1. The van der Waals surface area contributed by atoms with Crippen molar-refractivity contribution in [1.82, 2.24) is 0 Å². The molecule has 0 aliphatic heterocycles. The van der Waals surface area contributed by atoms with Gasteiger partial charge in [-0.05, 0) is 30.2 Å². The van der Waals surface area contributed by atoms with Crippen LogP contribution in [0.15, 0.2) is 12.1 Å². The molecule has 13 heavy (non-hydrogen) atoms. The second-order valence-electron chi connectivity index (χ2n) is 2.31. The summed E-state index contributed by atoms with van der Waals surface area (Å²) in [5.41, 5.74) is 0.645. The van der Waals surface area contributed by atoms with Crippen LogP contribution in [0.2, 0.25) is 5.02 Å². The highest BCUT2D eigenvalue weighted by Gasteiger charge is 2.04. The molecule has 0 bridgehead atoms. The third-order valence-electron chi connectivity index (χ3n) is 1.56. The molecule has 0 unspecified atom stereocenters. The zero-order chi connectivity index (χ0) is 10.4.